The summed E-state index contributed by atoms with van der Waals surface area (Å²) in [6.07, 6.45) is 9.13. The van der Waals surface area contributed by atoms with Crippen LogP contribution in [0.15, 0.2) is 85.3 Å². The second kappa shape index (κ2) is 11.9. The van der Waals surface area contributed by atoms with E-state index in [1.807, 2.05) is 54.3 Å². The fourth-order valence-corrected chi connectivity index (χ4v) is 6.06. The van der Waals surface area contributed by atoms with Crippen LogP contribution in [0.5, 0.6) is 0 Å². The molecule has 2 aromatic carbocycles. The van der Waals surface area contributed by atoms with Gasteiger partial charge >= 0.3 is 0 Å². The van der Waals surface area contributed by atoms with Crippen LogP contribution < -0.4 is 5.32 Å². The van der Waals surface area contributed by atoms with E-state index in [4.69, 9.17) is 16.6 Å². The molecule has 0 spiro atoms. The van der Waals surface area contributed by atoms with Crippen LogP contribution in [0.3, 0.4) is 0 Å². The molecule has 2 aromatic heterocycles. The van der Waals surface area contributed by atoms with Crippen molar-refractivity contribution in [2.75, 3.05) is 11.9 Å². The molecule has 2 unspecified atom stereocenters. The van der Waals surface area contributed by atoms with Crippen LogP contribution in [0.25, 0.3) is 27.8 Å². The Morgan fingerprint density at radius 2 is 1.83 bits per heavy atom. The average Bonchev–Trinajstić information content (AvgIpc) is 3.01. The van der Waals surface area contributed by atoms with E-state index in [-0.39, 0.29) is 28.8 Å². The fraction of sp³-hybridized carbons (Fsp3) is 0.235. The summed E-state index contributed by atoms with van der Waals surface area (Å²) in [6.45, 7) is 2.32. The van der Waals surface area contributed by atoms with E-state index in [1.54, 1.807) is 30.7 Å². The lowest BCUT2D eigenvalue weighted by molar-refractivity contribution is -0.129. The highest BCUT2D eigenvalue weighted by atomic mass is 35.5. The van der Waals surface area contributed by atoms with Gasteiger partial charge in [0.1, 0.15) is 5.82 Å². The molecule has 8 heteroatoms. The highest BCUT2D eigenvalue weighted by Crippen LogP contribution is 2.39. The number of aromatic nitrogens is 2. The number of carbonyl (C=O) groups excluding carboxylic acids is 2. The number of pyridine rings is 2. The zero-order chi connectivity index (χ0) is 29.2. The smallest absolute Gasteiger partial charge is 0.247 e. The quantitative estimate of drug-likeness (QED) is 0.269. The number of benzene rings is 2. The number of halogens is 2. The van der Waals surface area contributed by atoms with Crippen LogP contribution in [-0.4, -0.2) is 33.2 Å². The van der Waals surface area contributed by atoms with Gasteiger partial charge in [0.2, 0.25) is 11.8 Å². The Kier molecular flexibility index (Phi) is 7.85. The van der Waals surface area contributed by atoms with Crippen molar-refractivity contribution in [1.29, 1.82) is 0 Å². The lowest BCUT2D eigenvalue weighted by Gasteiger charge is -2.35. The number of anilines is 1. The number of carbonyl (C=O) groups is 2. The molecule has 4 aromatic rings. The molecule has 2 atom stereocenters. The van der Waals surface area contributed by atoms with E-state index in [1.165, 1.54) is 12.1 Å². The summed E-state index contributed by atoms with van der Waals surface area (Å²) in [5.41, 5.74) is 5.67. The highest BCUT2D eigenvalue weighted by molar-refractivity contribution is 6.31. The molecule has 6 nitrogen and oxygen atoms in total. The average molecular weight is 581 g/mol. The monoisotopic (exact) mass is 580 g/mol. The molecule has 0 saturated carbocycles. The van der Waals surface area contributed by atoms with E-state index in [9.17, 15) is 9.59 Å². The predicted molar refractivity (Wildman–Crippen MR) is 163 cm³/mol. The van der Waals surface area contributed by atoms with Crippen molar-refractivity contribution in [2.24, 2.45) is 5.92 Å². The molecule has 42 heavy (non-hydrogen) atoms. The highest BCUT2D eigenvalue weighted by Gasteiger charge is 2.31. The van der Waals surface area contributed by atoms with E-state index < -0.39 is 5.82 Å². The van der Waals surface area contributed by atoms with Crippen molar-refractivity contribution in [1.82, 2.24) is 14.9 Å². The number of para-hydroxylation sites is 1. The van der Waals surface area contributed by atoms with Gasteiger partial charge in [0.15, 0.2) is 0 Å². The number of rotatable bonds is 3. The van der Waals surface area contributed by atoms with Crippen molar-refractivity contribution in [3.63, 3.8) is 0 Å². The first-order valence-corrected chi connectivity index (χ1v) is 14.5. The standard InChI is InChI=1S/C34H30ClFN4O2/c1-21-6-4-10-30(29-18-22(13-16-38-29)25-8-2-3-9-28(25)39-34(21)42)40-17-14-23(19-31(40)41)32-26(11-12-27(35)33(32)36)24-7-5-15-37-20-24/h2-3,5,7-9,11-13,15-16,18-21,30H,4,6,10,14,17H2,1H3,(H,39,42). The lowest BCUT2D eigenvalue weighted by Crippen LogP contribution is -2.38. The Hall–Kier alpha value is -4.36. The molecule has 2 bridgehead atoms. The zero-order valence-corrected chi connectivity index (χ0v) is 23.9. The predicted octanol–water partition coefficient (Wildman–Crippen LogP) is 7.72. The first-order chi connectivity index (χ1) is 20.4. The third kappa shape index (κ3) is 5.44. The summed E-state index contributed by atoms with van der Waals surface area (Å²) in [5.74, 6) is -0.965. The molecule has 0 fully saturated rings. The Bertz CT molecular complexity index is 1690. The molecule has 0 saturated heterocycles. The molecule has 2 aliphatic rings. The second-order valence-corrected chi connectivity index (χ2v) is 11.2. The van der Waals surface area contributed by atoms with Crippen molar-refractivity contribution in [3.05, 3.63) is 107 Å². The van der Waals surface area contributed by atoms with Gasteiger partial charge in [-0.2, -0.15) is 0 Å². The van der Waals surface area contributed by atoms with Gasteiger partial charge < -0.3 is 10.2 Å². The van der Waals surface area contributed by atoms with Gasteiger partial charge in [-0.1, -0.05) is 55.3 Å². The van der Waals surface area contributed by atoms with Crippen LogP contribution in [0, 0.1) is 11.7 Å². The summed E-state index contributed by atoms with van der Waals surface area (Å²) in [5, 5.41) is 3.10. The molecule has 1 N–H and O–H groups in total. The van der Waals surface area contributed by atoms with Gasteiger partial charge in [-0.05, 0) is 66.3 Å². The molecule has 0 aliphatic carbocycles. The van der Waals surface area contributed by atoms with Crippen LogP contribution in [0.4, 0.5) is 10.1 Å². The number of nitrogens with zero attached hydrogens (tertiary/aromatic N) is 3. The van der Waals surface area contributed by atoms with Crippen LogP contribution in [-0.2, 0) is 9.59 Å². The number of hydrogen-bond donors (Lipinski definition) is 1. The van der Waals surface area contributed by atoms with Gasteiger partial charge in [-0.3, -0.25) is 19.6 Å². The molecule has 4 heterocycles. The summed E-state index contributed by atoms with van der Waals surface area (Å²) in [7, 11) is 0. The van der Waals surface area contributed by atoms with E-state index in [2.05, 4.69) is 10.3 Å². The molecule has 212 valence electrons. The number of amides is 2. The topological polar surface area (TPSA) is 75.2 Å². The molecular weight excluding hydrogens is 551 g/mol. The van der Waals surface area contributed by atoms with Crippen LogP contribution >= 0.6 is 11.6 Å². The Morgan fingerprint density at radius 1 is 0.976 bits per heavy atom. The lowest BCUT2D eigenvalue weighted by atomic mass is 9.89. The first kappa shape index (κ1) is 27.8. The van der Waals surface area contributed by atoms with Gasteiger partial charge in [-0.15, -0.1) is 0 Å². The summed E-state index contributed by atoms with van der Waals surface area (Å²) in [6, 6.07) is 18.3. The summed E-state index contributed by atoms with van der Waals surface area (Å²) >= 11 is 6.21. The fourth-order valence-electron chi connectivity index (χ4n) is 5.90. The summed E-state index contributed by atoms with van der Waals surface area (Å²) in [4.78, 5) is 37.5. The maximum Gasteiger partial charge on any atom is 0.247 e. The zero-order valence-electron chi connectivity index (χ0n) is 23.2. The van der Waals surface area contributed by atoms with Gasteiger partial charge in [-0.25, -0.2) is 4.39 Å². The minimum absolute atomic E-state index is 0.00666. The molecular formula is C34H30ClFN4O2. The molecule has 2 amide bonds. The van der Waals surface area contributed by atoms with Crippen molar-refractivity contribution >= 4 is 34.7 Å². The Balaban J connectivity index is 1.38. The van der Waals surface area contributed by atoms with E-state index in [0.29, 0.717) is 42.5 Å². The SMILES string of the molecule is CC1CCCC(N2CCC(c3c(-c4cccnc4)ccc(Cl)c3F)=CC2=O)c2cc(ccn2)-c2ccccc2NC1=O. The summed E-state index contributed by atoms with van der Waals surface area (Å²) < 4.78 is 15.5. The van der Waals surface area contributed by atoms with E-state index >= 15 is 4.39 Å². The number of hydrogen-bond acceptors (Lipinski definition) is 4. The molecule has 2 aliphatic heterocycles. The van der Waals surface area contributed by atoms with E-state index in [0.717, 1.165) is 34.5 Å². The van der Waals surface area contributed by atoms with Crippen LogP contribution in [0.2, 0.25) is 5.02 Å². The van der Waals surface area contributed by atoms with Crippen LogP contribution in [0.1, 0.15) is 49.9 Å². The maximum absolute atomic E-state index is 15.5. The normalized spacial score (nSPS) is 19.2. The maximum atomic E-state index is 15.5. The van der Waals surface area contributed by atoms with Gasteiger partial charge in [0.05, 0.1) is 16.8 Å². The largest absolute Gasteiger partial charge is 0.330 e. The van der Waals surface area contributed by atoms with Gasteiger partial charge in [0.25, 0.3) is 0 Å². The van der Waals surface area contributed by atoms with Crippen molar-refractivity contribution in [3.8, 4) is 22.3 Å². The molecule has 6 rings (SSSR count). The number of nitrogens with one attached hydrogen (secondary N) is 1. The van der Waals surface area contributed by atoms with Gasteiger partial charge in [0, 0.05) is 59.5 Å². The third-order valence-electron chi connectivity index (χ3n) is 8.15. The van der Waals surface area contributed by atoms with Crippen molar-refractivity contribution < 1.29 is 14.0 Å². The van der Waals surface area contributed by atoms with Crippen molar-refractivity contribution in [2.45, 2.75) is 38.6 Å². The number of fused-ring (bicyclic) bond motifs is 4. The third-order valence-corrected chi connectivity index (χ3v) is 8.44. The first-order valence-electron chi connectivity index (χ1n) is 14.2. The Labute approximate surface area is 249 Å². The Morgan fingerprint density at radius 3 is 2.64 bits per heavy atom. The second-order valence-electron chi connectivity index (χ2n) is 10.8. The minimum Gasteiger partial charge on any atom is -0.330 e. The molecule has 0 radical (unpaired) electrons. The minimum atomic E-state index is -0.545.